The van der Waals surface area contributed by atoms with Crippen molar-refractivity contribution in [1.82, 2.24) is 0 Å². The summed E-state index contributed by atoms with van der Waals surface area (Å²) in [4.78, 5) is 13.6. The normalized spacial score (nSPS) is 19.6. The number of methoxy groups -OCH3 is 1. The topological polar surface area (TPSA) is 29.5 Å². The van der Waals surface area contributed by atoms with Crippen molar-refractivity contribution in [3.63, 3.8) is 0 Å². The van der Waals surface area contributed by atoms with Crippen LogP contribution in [0.2, 0.25) is 0 Å². The van der Waals surface area contributed by atoms with E-state index in [-0.39, 0.29) is 11.9 Å². The lowest BCUT2D eigenvalue weighted by molar-refractivity contribution is -0.145. The molecule has 3 nitrogen and oxygen atoms in total. The predicted molar refractivity (Wildman–Crippen MR) is 58.9 cm³/mol. The third-order valence-electron chi connectivity index (χ3n) is 2.90. The second-order valence-electron chi connectivity index (χ2n) is 3.93. The van der Waals surface area contributed by atoms with Gasteiger partial charge >= 0.3 is 5.97 Å². The van der Waals surface area contributed by atoms with E-state index < -0.39 is 0 Å². The number of rotatable bonds is 1. The van der Waals surface area contributed by atoms with Gasteiger partial charge in [-0.05, 0) is 18.1 Å². The molecule has 0 radical (unpaired) electrons. The number of ether oxygens (including phenoxy) is 1. The van der Waals surface area contributed by atoms with Gasteiger partial charge in [0.1, 0.15) is 0 Å². The smallest absolute Gasteiger partial charge is 0.310 e. The van der Waals surface area contributed by atoms with Crippen LogP contribution < -0.4 is 4.90 Å². The van der Waals surface area contributed by atoms with Crippen LogP contribution in [0, 0.1) is 5.92 Å². The number of benzene rings is 1. The molecule has 1 atom stereocenters. The molecule has 15 heavy (non-hydrogen) atoms. The zero-order chi connectivity index (χ0) is 10.8. The Balaban J connectivity index is 2.26. The van der Waals surface area contributed by atoms with Gasteiger partial charge < -0.3 is 9.64 Å². The van der Waals surface area contributed by atoms with Crippen molar-refractivity contribution in [1.29, 1.82) is 0 Å². The first-order valence-corrected chi connectivity index (χ1v) is 5.09. The van der Waals surface area contributed by atoms with E-state index in [1.165, 1.54) is 18.4 Å². The van der Waals surface area contributed by atoms with Gasteiger partial charge in [-0.15, -0.1) is 0 Å². The number of anilines is 1. The van der Waals surface area contributed by atoms with E-state index in [2.05, 4.69) is 17.0 Å². The molecule has 3 heteroatoms. The van der Waals surface area contributed by atoms with E-state index in [1.807, 2.05) is 19.2 Å². The number of carbonyl (C=O) groups is 1. The Morgan fingerprint density at radius 3 is 2.93 bits per heavy atom. The molecule has 1 aliphatic heterocycles. The van der Waals surface area contributed by atoms with E-state index >= 15 is 0 Å². The fraction of sp³-hybridized carbons (Fsp3) is 0.417. The van der Waals surface area contributed by atoms with Gasteiger partial charge in [-0.3, -0.25) is 4.79 Å². The third kappa shape index (κ3) is 1.82. The van der Waals surface area contributed by atoms with Crippen molar-refractivity contribution in [2.75, 3.05) is 25.6 Å². The van der Waals surface area contributed by atoms with Gasteiger partial charge in [-0.2, -0.15) is 0 Å². The molecule has 0 aliphatic carbocycles. The van der Waals surface area contributed by atoms with Gasteiger partial charge in [0.25, 0.3) is 0 Å². The minimum Gasteiger partial charge on any atom is -0.469 e. The van der Waals surface area contributed by atoms with E-state index in [0.29, 0.717) is 0 Å². The number of hydrogen-bond donors (Lipinski definition) is 0. The van der Waals surface area contributed by atoms with Crippen molar-refractivity contribution in [3.8, 4) is 0 Å². The Labute approximate surface area is 89.7 Å². The summed E-state index contributed by atoms with van der Waals surface area (Å²) in [6, 6.07) is 8.18. The van der Waals surface area contributed by atoms with Crippen LogP contribution in [-0.2, 0) is 16.0 Å². The molecule has 0 amide bonds. The highest BCUT2D eigenvalue weighted by Gasteiger charge is 2.27. The SMILES string of the molecule is COC(=O)[C@@H]1Cc2ccccc2N(C)C1. The van der Waals surface area contributed by atoms with Gasteiger partial charge in [-0.25, -0.2) is 0 Å². The molecule has 0 saturated carbocycles. The monoisotopic (exact) mass is 205 g/mol. The lowest BCUT2D eigenvalue weighted by Gasteiger charge is -2.31. The van der Waals surface area contributed by atoms with Crippen LogP contribution >= 0.6 is 0 Å². The molecule has 80 valence electrons. The van der Waals surface area contributed by atoms with Crippen LogP contribution in [0.4, 0.5) is 5.69 Å². The molecule has 0 spiro atoms. The Morgan fingerprint density at radius 1 is 1.47 bits per heavy atom. The van der Waals surface area contributed by atoms with Crippen molar-refractivity contribution in [2.24, 2.45) is 5.92 Å². The molecule has 0 N–H and O–H groups in total. The standard InChI is InChI=1S/C12H15NO2/c1-13-8-10(12(14)15-2)7-9-5-3-4-6-11(9)13/h3-6,10H,7-8H2,1-2H3/t10-/m1/s1. The summed E-state index contributed by atoms with van der Waals surface area (Å²) >= 11 is 0. The highest BCUT2D eigenvalue weighted by molar-refractivity contribution is 5.75. The quantitative estimate of drug-likeness (QED) is 0.650. The van der Waals surface area contributed by atoms with Gasteiger partial charge in [0, 0.05) is 19.3 Å². The highest BCUT2D eigenvalue weighted by Crippen LogP contribution is 2.28. The average Bonchev–Trinajstić information content (AvgIpc) is 2.28. The average molecular weight is 205 g/mol. The van der Waals surface area contributed by atoms with Crippen molar-refractivity contribution >= 4 is 11.7 Å². The number of hydrogen-bond acceptors (Lipinski definition) is 3. The van der Waals surface area contributed by atoms with Crippen molar-refractivity contribution in [3.05, 3.63) is 29.8 Å². The van der Waals surface area contributed by atoms with Crippen LogP contribution in [0.3, 0.4) is 0 Å². The fourth-order valence-corrected chi connectivity index (χ4v) is 2.14. The van der Waals surface area contributed by atoms with E-state index in [1.54, 1.807) is 0 Å². The number of para-hydroxylation sites is 1. The second-order valence-corrected chi connectivity index (χ2v) is 3.93. The predicted octanol–water partition coefficient (Wildman–Crippen LogP) is 1.47. The maximum Gasteiger partial charge on any atom is 0.310 e. The Morgan fingerprint density at radius 2 is 2.20 bits per heavy atom. The number of fused-ring (bicyclic) bond motifs is 1. The van der Waals surface area contributed by atoms with E-state index in [9.17, 15) is 4.79 Å². The maximum absolute atomic E-state index is 11.5. The zero-order valence-corrected chi connectivity index (χ0v) is 9.06. The molecular weight excluding hydrogens is 190 g/mol. The summed E-state index contributed by atoms with van der Waals surface area (Å²) < 4.78 is 4.79. The molecule has 1 aromatic rings. The lowest BCUT2D eigenvalue weighted by atomic mass is 9.93. The largest absolute Gasteiger partial charge is 0.469 e. The summed E-state index contributed by atoms with van der Waals surface area (Å²) in [7, 11) is 3.46. The summed E-state index contributed by atoms with van der Waals surface area (Å²) in [5, 5.41) is 0. The summed E-state index contributed by atoms with van der Waals surface area (Å²) in [6.45, 7) is 0.740. The van der Waals surface area contributed by atoms with Gasteiger partial charge in [-0.1, -0.05) is 18.2 Å². The second kappa shape index (κ2) is 3.93. The van der Waals surface area contributed by atoms with Crippen LogP contribution in [0.25, 0.3) is 0 Å². The number of esters is 1. The van der Waals surface area contributed by atoms with Gasteiger partial charge in [0.2, 0.25) is 0 Å². The zero-order valence-electron chi connectivity index (χ0n) is 9.06. The molecule has 0 saturated heterocycles. The fourth-order valence-electron chi connectivity index (χ4n) is 2.14. The van der Waals surface area contributed by atoms with Crippen molar-refractivity contribution in [2.45, 2.75) is 6.42 Å². The van der Waals surface area contributed by atoms with E-state index in [4.69, 9.17) is 4.74 Å². The first-order chi connectivity index (χ1) is 7.22. The molecule has 1 heterocycles. The minimum absolute atomic E-state index is 0.0325. The summed E-state index contributed by atoms with van der Waals surface area (Å²) in [5.74, 6) is -0.147. The molecule has 0 aromatic heterocycles. The molecule has 2 rings (SSSR count). The lowest BCUT2D eigenvalue weighted by Crippen LogP contribution is -2.36. The molecular formula is C12H15NO2. The summed E-state index contributed by atoms with van der Waals surface area (Å²) in [6.07, 6.45) is 0.785. The Kier molecular flexibility index (Phi) is 2.62. The minimum atomic E-state index is -0.114. The Bertz CT molecular complexity index is 376. The van der Waals surface area contributed by atoms with E-state index in [0.717, 1.165) is 13.0 Å². The Hall–Kier alpha value is -1.51. The molecule has 0 unspecified atom stereocenters. The molecule has 0 bridgehead atoms. The van der Waals surface area contributed by atoms with Gasteiger partial charge in [0.05, 0.1) is 13.0 Å². The third-order valence-corrected chi connectivity index (χ3v) is 2.90. The van der Waals surface area contributed by atoms with Crippen molar-refractivity contribution < 1.29 is 9.53 Å². The molecule has 1 aliphatic rings. The maximum atomic E-state index is 11.5. The highest BCUT2D eigenvalue weighted by atomic mass is 16.5. The molecule has 0 fully saturated rings. The number of nitrogens with zero attached hydrogens (tertiary/aromatic N) is 1. The van der Waals surface area contributed by atoms with Crippen LogP contribution in [0.5, 0.6) is 0 Å². The van der Waals surface area contributed by atoms with Crippen LogP contribution in [0.15, 0.2) is 24.3 Å². The first-order valence-electron chi connectivity index (χ1n) is 5.09. The number of carbonyl (C=O) groups excluding carboxylic acids is 1. The van der Waals surface area contributed by atoms with Crippen LogP contribution in [-0.4, -0.2) is 26.7 Å². The molecule has 1 aromatic carbocycles. The summed E-state index contributed by atoms with van der Waals surface area (Å²) in [5.41, 5.74) is 2.44. The first kappa shape index (κ1) is 10.0. The van der Waals surface area contributed by atoms with Crippen LogP contribution in [0.1, 0.15) is 5.56 Å². The van der Waals surface area contributed by atoms with Gasteiger partial charge in [0.15, 0.2) is 0 Å².